The first-order valence-corrected chi connectivity index (χ1v) is 4.35. The van der Waals surface area contributed by atoms with Crippen LogP contribution in [-0.4, -0.2) is 27.3 Å². The summed E-state index contributed by atoms with van der Waals surface area (Å²) in [7, 11) is 0. The van der Waals surface area contributed by atoms with Crippen LogP contribution in [-0.2, 0) is 9.59 Å². The molecule has 0 bridgehead atoms. The molecule has 1 aromatic rings. The van der Waals surface area contributed by atoms with E-state index in [9.17, 15) is 14.0 Å². The van der Waals surface area contributed by atoms with Gasteiger partial charge >= 0.3 is 11.9 Å². The van der Waals surface area contributed by atoms with Crippen molar-refractivity contribution in [2.45, 2.75) is 12.3 Å². The Morgan fingerprint density at radius 1 is 1.31 bits per heavy atom. The molecule has 6 heteroatoms. The van der Waals surface area contributed by atoms with Gasteiger partial charge in [-0.05, 0) is 17.7 Å². The number of phenolic OH excluding ortho intramolecular Hbond substituents is 1. The summed E-state index contributed by atoms with van der Waals surface area (Å²) in [6, 6.07) is 2.99. The maximum atomic E-state index is 13.0. The molecule has 0 aliphatic heterocycles. The summed E-state index contributed by atoms with van der Waals surface area (Å²) in [6.07, 6.45) is -0.639. The normalized spacial score (nSPS) is 12.1. The number of phenols is 1. The minimum absolute atomic E-state index is 0.00481. The lowest BCUT2D eigenvalue weighted by molar-refractivity contribution is -0.145. The Morgan fingerprint density at radius 3 is 2.38 bits per heavy atom. The molecule has 0 aliphatic rings. The van der Waals surface area contributed by atoms with E-state index in [2.05, 4.69) is 0 Å². The molecule has 0 aromatic heterocycles. The van der Waals surface area contributed by atoms with Crippen molar-refractivity contribution >= 4 is 11.9 Å². The van der Waals surface area contributed by atoms with Crippen LogP contribution in [0.4, 0.5) is 4.39 Å². The first-order chi connectivity index (χ1) is 7.41. The van der Waals surface area contributed by atoms with Crippen molar-refractivity contribution in [3.63, 3.8) is 0 Å². The Labute approximate surface area is 89.8 Å². The van der Waals surface area contributed by atoms with Crippen LogP contribution in [0.3, 0.4) is 0 Å². The van der Waals surface area contributed by atoms with E-state index in [1.165, 1.54) is 6.07 Å². The molecule has 0 aliphatic carbocycles. The van der Waals surface area contributed by atoms with Crippen LogP contribution in [0.2, 0.25) is 0 Å². The number of benzene rings is 1. The first-order valence-electron chi connectivity index (χ1n) is 4.35. The van der Waals surface area contributed by atoms with Gasteiger partial charge in [0.1, 0.15) is 0 Å². The summed E-state index contributed by atoms with van der Waals surface area (Å²) in [5, 5.41) is 26.2. The molecule has 1 unspecified atom stereocenters. The highest BCUT2D eigenvalue weighted by molar-refractivity contribution is 5.82. The molecular formula is C10H9FO5. The summed E-state index contributed by atoms with van der Waals surface area (Å²) in [5.41, 5.74) is 0.00481. The Bertz CT molecular complexity index is 429. The number of rotatable bonds is 4. The third-order valence-corrected chi connectivity index (χ3v) is 2.05. The van der Waals surface area contributed by atoms with E-state index in [0.717, 1.165) is 12.1 Å². The predicted molar refractivity (Wildman–Crippen MR) is 50.7 cm³/mol. The second-order valence-corrected chi connectivity index (χ2v) is 3.20. The number of aliphatic carboxylic acids is 2. The Kier molecular flexibility index (Phi) is 3.44. The van der Waals surface area contributed by atoms with Gasteiger partial charge in [-0.2, -0.15) is 0 Å². The highest BCUT2D eigenvalue weighted by Gasteiger charge is 2.23. The van der Waals surface area contributed by atoms with E-state index < -0.39 is 35.8 Å². The number of halogens is 1. The van der Waals surface area contributed by atoms with E-state index >= 15 is 0 Å². The van der Waals surface area contributed by atoms with Crippen LogP contribution in [0.15, 0.2) is 18.2 Å². The van der Waals surface area contributed by atoms with Gasteiger partial charge in [-0.1, -0.05) is 6.07 Å². The van der Waals surface area contributed by atoms with Gasteiger partial charge in [0.15, 0.2) is 11.6 Å². The minimum atomic E-state index is -1.35. The molecule has 16 heavy (non-hydrogen) atoms. The van der Waals surface area contributed by atoms with Gasteiger partial charge < -0.3 is 15.3 Å². The second kappa shape index (κ2) is 4.61. The molecular weight excluding hydrogens is 219 g/mol. The van der Waals surface area contributed by atoms with Crippen molar-refractivity contribution in [2.75, 3.05) is 0 Å². The van der Waals surface area contributed by atoms with Crippen LogP contribution in [0, 0.1) is 5.82 Å². The van der Waals surface area contributed by atoms with Crippen LogP contribution < -0.4 is 0 Å². The fourth-order valence-corrected chi connectivity index (χ4v) is 1.26. The quantitative estimate of drug-likeness (QED) is 0.719. The smallest absolute Gasteiger partial charge is 0.311 e. The van der Waals surface area contributed by atoms with Gasteiger partial charge in [-0.15, -0.1) is 0 Å². The van der Waals surface area contributed by atoms with Crippen LogP contribution >= 0.6 is 0 Å². The monoisotopic (exact) mass is 228 g/mol. The van der Waals surface area contributed by atoms with E-state index in [1.54, 1.807) is 0 Å². The summed E-state index contributed by atoms with van der Waals surface area (Å²) in [6.45, 7) is 0. The van der Waals surface area contributed by atoms with E-state index in [1.807, 2.05) is 0 Å². The zero-order valence-electron chi connectivity index (χ0n) is 8.05. The lowest BCUT2D eigenvalue weighted by Gasteiger charge is -2.10. The maximum absolute atomic E-state index is 13.0. The molecule has 1 rings (SSSR count). The van der Waals surface area contributed by atoms with Crippen molar-refractivity contribution in [3.8, 4) is 5.75 Å². The largest absolute Gasteiger partial charge is 0.505 e. The number of aromatic hydroxyl groups is 1. The van der Waals surface area contributed by atoms with Gasteiger partial charge in [0.2, 0.25) is 0 Å². The van der Waals surface area contributed by atoms with Gasteiger partial charge in [-0.3, -0.25) is 9.59 Å². The van der Waals surface area contributed by atoms with E-state index in [4.69, 9.17) is 15.3 Å². The number of carboxylic acid groups (broad SMARTS) is 2. The Balaban J connectivity index is 3.06. The molecule has 5 nitrogen and oxygen atoms in total. The third-order valence-electron chi connectivity index (χ3n) is 2.05. The first kappa shape index (κ1) is 12.0. The highest BCUT2D eigenvalue weighted by atomic mass is 19.1. The van der Waals surface area contributed by atoms with Crippen LogP contribution in [0.5, 0.6) is 5.75 Å². The molecule has 3 N–H and O–H groups in total. The fourth-order valence-electron chi connectivity index (χ4n) is 1.26. The predicted octanol–water partition coefficient (Wildman–Crippen LogP) is 1.17. The third kappa shape index (κ3) is 2.69. The standard InChI is InChI=1S/C10H9FO5/c11-7-3-5(1-2-8(7)12)6(10(15)16)4-9(13)14/h1-3,6,12H,4H2,(H,13,14)(H,15,16). The van der Waals surface area contributed by atoms with Crippen molar-refractivity contribution in [2.24, 2.45) is 0 Å². The molecule has 0 saturated heterocycles. The SMILES string of the molecule is O=C(O)CC(C(=O)O)c1ccc(O)c(F)c1. The molecule has 1 aromatic carbocycles. The number of hydrogen-bond donors (Lipinski definition) is 3. The highest BCUT2D eigenvalue weighted by Crippen LogP contribution is 2.24. The summed E-state index contributed by atoms with van der Waals surface area (Å²) < 4.78 is 13.0. The summed E-state index contributed by atoms with van der Waals surface area (Å²) in [4.78, 5) is 21.2. The zero-order chi connectivity index (χ0) is 12.3. The fraction of sp³-hybridized carbons (Fsp3) is 0.200. The summed E-state index contributed by atoms with van der Waals surface area (Å²) in [5.74, 6) is -5.56. The average molecular weight is 228 g/mol. The van der Waals surface area contributed by atoms with Gasteiger partial charge in [-0.25, -0.2) is 4.39 Å². The van der Waals surface area contributed by atoms with Crippen molar-refractivity contribution < 1.29 is 29.3 Å². The van der Waals surface area contributed by atoms with E-state index in [-0.39, 0.29) is 5.56 Å². The number of carboxylic acids is 2. The molecule has 0 radical (unpaired) electrons. The molecule has 0 saturated carbocycles. The van der Waals surface area contributed by atoms with Crippen LogP contribution in [0.25, 0.3) is 0 Å². The molecule has 0 fully saturated rings. The van der Waals surface area contributed by atoms with Gasteiger partial charge in [0, 0.05) is 0 Å². The Hall–Kier alpha value is -2.11. The maximum Gasteiger partial charge on any atom is 0.311 e. The van der Waals surface area contributed by atoms with Crippen molar-refractivity contribution in [1.29, 1.82) is 0 Å². The molecule has 86 valence electrons. The molecule has 1 atom stereocenters. The lowest BCUT2D eigenvalue weighted by Crippen LogP contribution is -2.16. The van der Waals surface area contributed by atoms with E-state index in [0.29, 0.717) is 0 Å². The molecule has 0 spiro atoms. The zero-order valence-corrected chi connectivity index (χ0v) is 8.05. The van der Waals surface area contributed by atoms with Crippen molar-refractivity contribution in [1.82, 2.24) is 0 Å². The second-order valence-electron chi connectivity index (χ2n) is 3.20. The lowest BCUT2D eigenvalue weighted by atomic mass is 9.96. The van der Waals surface area contributed by atoms with Gasteiger partial charge in [0.25, 0.3) is 0 Å². The number of hydrogen-bond acceptors (Lipinski definition) is 3. The summed E-state index contributed by atoms with van der Waals surface area (Å²) >= 11 is 0. The average Bonchev–Trinajstić information content (AvgIpc) is 2.18. The van der Waals surface area contributed by atoms with Crippen LogP contribution in [0.1, 0.15) is 17.9 Å². The van der Waals surface area contributed by atoms with Gasteiger partial charge in [0.05, 0.1) is 12.3 Å². The Morgan fingerprint density at radius 2 is 1.94 bits per heavy atom. The van der Waals surface area contributed by atoms with Crippen molar-refractivity contribution in [3.05, 3.63) is 29.6 Å². The minimum Gasteiger partial charge on any atom is -0.505 e. The molecule has 0 amide bonds. The molecule has 0 heterocycles. The topological polar surface area (TPSA) is 94.8 Å². The number of carbonyl (C=O) groups is 2.